The Morgan fingerprint density at radius 2 is 2.28 bits per heavy atom. The lowest BCUT2D eigenvalue weighted by atomic mass is 10.2. The highest BCUT2D eigenvalue weighted by Gasteiger charge is 2.24. The molecule has 1 atom stereocenters. The quantitative estimate of drug-likeness (QED) is 0.884. The average molecular weight is 293 g/mol. The van der Waals surface area contributed by atoms with Crippen LogP contribution in [0.2, 0.25) is 5.02 Å². The summed E-state index contributed by atoms with van der Waals surface area (Å²) in [4.78, 5) is -0.482. The Hall–Kier alpha value is -0.690. The Morgan fingerprint density at radius 1 is 1.50 bits per heavy atom. The molecule has 1 aromatic rings. The molecule has 7 heteroatoms. The van der Waals surface area contributed by atoms with Crippen molar-refractivity contribution in [2.24, 2.45) is 0 Å². The maximum absolute atomic E-state index is 13.5. The maximum Gasteiger partial charge on any atom is 0.245 e. The van der Waals surface area contributed by atoms with Crippen LogP contribution in [0.25, 0.3) is 0 Å². The van der Waals surface area contributed by atoms with E-state index in [2.05, 4.69) is 10.0 Å². The maximum atomic E-state index is 13.5. The van der Waals surface area contributed by atoms with E-state index in [1.54, 1.807) is 0 Å². The Kier molecular flexibility index (Phi) is 4.21. The predicted octanol–water partition coefficient (Wildman–Crippen LogP) is 1.51. The van der Waals surface area contributed by atoms with E-state index in [1.807, 2.05) is 0 Å². The minimum atomic E-state index is -3.91. The molecule has 1 saturated heterocycles. The number of hydrogen-bond acceptors (Lipinski definition) is 3. The second kappa shape index (κ2) is 5.52. The first-order valence-corrected chi connectivity index (χ1v) is 7.54. The monoisotopic (exact) mass is 292 g/mol. The number of benzene rings is 1. The molecule has 2 N–H and O–H groups in total. The number of sulfonamides is 1. The summed E-state index contributed by atoms with van der Waals surface area (Å²) in [7, 11) is -3.91. The molecule has 0 aromatic heterocycles. The van der Waals surface area contributed by atoms with Crippen LogP contribution in [0.3, 0.4) is 0 Å². The number of hydrogen-bond donors (Lipinski definition) is 2. The molecule has 2 rings (SSSR count). The molecule has 1 unspecified atom stereocenters. The third kappa shape index (κ3) is 3.00. The van der Waals surface area contributed by atoms with Gasteiger partial charge in [0.25, 0.3) is 0 Å². The van der Waals surface area contributed by atoms with Gasteiger partial charge in [-0.15, -0.1) is 0 Å². The molecule has 0 aliphatic carbocycles. The standard InChI is InChI=1S/C11H14ClFN2O2S/c12-9-4-1-5-10(13)11(9)18(16,17)15-7-8-3-2-6-14-8/h1,4-5,8,14-15H,2-3,6-7H2. The van der Waals surface area contributed by atoms with Crippen LogP contribution in [0, 0.1) is 5.82 Å². The molecule has 18 heavy (non-hydrogen) atoms. The van der Waals surface area contributed by atoms with Gasteiger partial charge in [-0.1, -0.05) is 17.7 Å². The molecule has 1 aliphatic rings. The third-order valence-electron chi connectivity index (χ3n) is 2.87. The van der Waals surface area contributed by atoms with Gasteiger partial charge in [0.15, 0.2) is 0 Å². The largest absolute Gasteiger partial charge is 0.313 e. The van der Waals surface area contributed by atoms with Crippen molar-refractivity contribution >= 4 is 21.6 Å². The summed E-state index contributed by atoms with van der Waals surface area (Å²) in [5.74, 6) is -0.839. The van der Waals surface area contributed by atoms with Crippen LogP contribution in [-0.4, -0.2) is 27.5 Å². The van der Waals surface area contributed by atoms with E-state index in [1.165, 1.54) is 12.1 Å². The number of rotatable bonds is 4. The van der Waals surface area contributed by atoms with Gasteiger partial charge < -0.3 is 5.32 Å². The molecule has 0 bridgehead atoms. The van der Waals surface area contributed by atoms with Gasteiger partial charge >= 0.3 is 0 Å². The van der Waals surface area contributed by atoms with Gasteiger partial charge in [-0.25, -0.2) is 17.5 Å². The number of nitrogens with one attached hydrogen (secondary N) is 2. The van der Waals surface area contributed by atoms with E-state index in [4.69, 9.17) is 11.6 Å². The molecule has 0 saturated carbocycles. The van der Waals surface area contributed by atoms with Gasteiger partial charge in [-0.3, -0.25) is 0 Å². The molecule has 1 aliphatic heterocycles. The summed E-state index contributed by atoms with van der Waals surface area (Å²) in [5, 5.41) is 3.05. The summed E-state index contributed by atoms with van der Waals surface area (Å²) in [6, 6.07) is 3.90. The van der Waals surface area contributed by atoms with E-state index < -0.39 is 20.7 Å². The highest BCUT2D eigenvalue weighted by Crippen LogP contribution is 2.23. The number of halogens is 2. The van der Waals surface area contributed by atoms with Gasteiger partial charge in [-0.05, 0) is 31.5 Å². The fourth-order valence-corrected chi connectivity index (χ4v) is 3.63. The van der Waals surface area contributed by atoms with Crippen molar-refractivity contribution in [2.45, 2.75) is 23.8 Å². The van der Waals surface area contributed by atoms with E-state index in [0.29, 0.717) is 0 Å². The van der Waals surface area contributed by atoms with Crippen LogP contribution in [0.4, 0.5) is 4.39 Å². The molecule has 0 radical (unpaired) electrons. The molecule has 4 nitrogen and oxygen atoms in total. The highest BCUT2D eigenvalue weighted by atomic mass is 35.5. The minimum absolute atomic E-state index is 0.102. The van der Waals surface area contributed by atoms with Crippen LogP contribution in [-0.2, 0) is 10.0 Å². The predicted molar refractivity (Wildman–Crippen MR) is 67.6 cm³/mol. The average Bonchev–Trinajstić information content (AvgIpc) is 2.78. The van der Waals surface area contributed by atoms with Crippen molar-refractivity contribution in [3.05, 3.63) is 29.0 Å². The first-order chi connectivity index (χ1) is 8.50. The van der Waals surface area contributed by atoms with E-state index in [0.717, 1.165) is 25.5 Å². The summed E-state index contributed by atoms with van der Waals surface area (Å²) in [5.41, 5.74) is 0. The lowest BCUT2D eigenvalue weighted by molar-refractivity contribution is 0.539. The summed E-state index contributed by atoms with van der Waals surface area (Å²) >= 11 is 5.73. The highest BCUT2D eigenvalue weighted by molar-refractivity contribution is 7.89. The van der Waals surface area contributed by atoms with Crippen LogP contribution in [0.15, 0.2) is 23.1 Å². The lowest BCUT2D eigenvalue weighted by Crippen LogP contribution is -2.37. The van der Waals surface area contributed by atoms with Crippen LogP contribution >= 0.6 is 11.6 Å². The molecule has 0 amide bonds. The van der Waals surface area contributed by atoms with Gasteiger partial charge in [0.2, 0.25) is 10.0 Å². The van der Waals surface area contributed by atoms with Crippen molar-refractivity contribution in [1.29, 1.82) is 0 Å². The third-order valence-corrected chi connectivity index (χ3v) is 4.80. The molecule has 1 aromatic carbocycles. The normalized spacial score (nSPS) is 20.2. The van der Waals surface area contributed by atoms with E-state index in [9.17, 15) is 12.8 Å². The van der Waals surface area contributed by atoms with Crippen LogP contribution in [0.5, 0.6) is 0 Å². The second-order valence-electron chi connectivity index (χ2n) is 4.20. The van der Waals surface area contributed by atoms with Crippen molar-refractivity contribution < 1.29 is 12.8 Å². The molecular formula is C11H14ClFN2O2S. The van der Waals surface area contributed by atoms with Gasteiger partial charge in [0.1, 0.15) is 10.7 Å². The van der Waals surface area contributed by atoms with E-state index >= 15 is 0 Å². The zero-order valence-corrected chi connectivity index (χ0v) is 11.2. The lowest BCUT2D eigenvalue weighted by Gasteiger charge is -2.13. The van der Waals surface area contributed by atoms with E-state index in [-0.39, 0.29) is 17.6 Å². The zero-order valence-electron chi connectivity index (χ0n) is 9.62. The summed E-state index contributed by atoms with van der Waals surface area (Å²) < 4.78 is 39.8. The smallest absolute Gasteiger partial charge is 0.245 e. The Balaban J connectivity index is 2.15. The van der Waals surface area contributed by atoms with Gasteiger partial charge in [0.05, 0.1) is 5.02 Å². The first kappa shape index (κ1) is 13.7. The van der Waals surface area contributed by atoms with Crippen molar-refractivity contribution in [1.82, 2.24) is 10.0 Å². The topological polar surface area (TPSA) is 58.2 Å². The SMILES string of the molecule is O=S(=O)(NCC1CCCN1)c1c(F)cccc1Cl. The Morgan fingerprint density at radius 3 is 2.89 bits per heavy atom. The Labute approximate surface area is 111 Å². The fraction of sp³-hybridized carbons (Fsp3) is 0.455. The molecule has 1 heterocycles. The van der Waals surface area contributed by atoms with Crippen molar-refractivity contribution in [2.75, 3.05) is 13.1 Å². The van der Waals surface area contributed by atoms with Crippen molar-refractivity contribution in [3.63, 3.8) is 0 Å². The first-order valence-electron chi connectivity index (χ1n) is 5.68. The Bertz CT molecular complexity index is 510. The molecule has 100 valence electrons. The fourth-order valence-electron chi connectivity index (χ4n) is 1.95. The second-order valence-corrected chi connectivity index (χ2v) is 6.31. The molecule has 0 spiro atoms. The van der Waals surface area contributed by atoms with Gasteiger partial charge in [-0.2, -0.15) is 0 Å². The summed E-state index contributed by atoms with van der Waals surface area (Å²) in [6.45, 7) is 1.12. The molecule has 1 fully saturated rings. The van der Waals surface area contributed by atoms with Gasteiger partial charge in [0, 0.05) is 12.6 Å². The molecular weight excluding hydrogens is 279 g/mol. The van der Waals surface area contributed by atoms with Crippen LogP contribution in [0.1, 0.15) is 12.8 Å². The zero-order chi connectivity index (χ0) is 13.2. The van der Waals surface area contributed by atoms with Crippen LogP contribution < -0.4 is 10.0 Å². The summed E-state index contributed by atoms with van der Waals surface area (Å²) in [6.07, 6.45) is 1.93. The van der Waals surface area contributed by atoms with Crippen molar-refractivity contribution in [3.8, 4) is 0 Å². The minimum Gasteiger partial charge on any atom is -0.313 e.